The normalized spacial score (nSPS) is 22.0. The monoisotopic (exact) mass is 487 g/mol. The van der Waals surface area contributed by atoms with Crippen LogP contribution >= 0.6 is 19.6 Å². The number of hydrogen-bond donors (Lipinski definition) is 6. The Morgan fingerprint density at radius 2 is 1.84 bits per heavy atom. The number of carboxylic acids is 2. The summed E-state index contributed by atoms with van der Waals surface area (Å²) >= 11 is 1.87. The molecule has 2 heterocycles. The van der Waals surface area contributed by atoms with Crippen LogP contribution in [0, 0.1) is 0 Å². The first-order valence-corrected chi connectivity index (χ1v) is 12.2. The van der Waals surface area contributed by atoms with E-state index in [0.717, 1.165) is 25.0 Å². The van der Waals surface area contributed by atoms with Crippen molar-refractivity contribution in [2.45, 2.75) is 55.5 Å². The Bertz CT molecular complexity index is 872. The van der Waals surface area contributed by atoms with E-state index in [-0.39, 0.29) is 36.7 Å². The number of phenols is 1. The summed E-state index contributed by atoms with van der Waals surface area (Å²) in [5, 5.41) is 34.5. The summed E-state index contributed by atoms with van der Waals surface area (Å²) in [5.74, 6) is -0.939. The van der Waals surface area contributed by atoms with Crippen molar-refractivity contribution in [1.82, 2.24) is 15.7 Å². The maximum Gasteiger partial charge on any atom is 0.396 e. The van der Waals surface area contributed by atoms with Gasteiger partial charge in [0.2, 0.25) is 0 Å². The molecule has 0 bridgehead atoms. The molecule has 0 saturated carbocycles. The molecule has 4 atom stereocenters. The molecule has 0 aliphatic carbocycles. The Hall–Kier alpha value is -2.56. The molecule has 32 heavy (non-hydrogen) atoms. The lowest BCUT2D eigenvalue weighted by Gasteiger charge is -2.16. The number of thioether (sulfide) groups is 1. The van der Waals surface area contributed by atoms with Crippen LogP contribution in [0.25, 0.3) is 0 Å². The third-order valence-electron chi connectivity index (χ3n) is 5.00. The number of unbranched alkanes of at least 4 members (excludes halogenated alkanes) is 1. The van der Waals surface area contributed by atoms with E-state index in [4.69, 9.17) is 15.3 Å². The summed E-state index contributed by atoms with van der Waals surface area (Å²) in [6.07, 6.45) is 2.91. The topological polar surface area (TPSA) is 182 Å². The number of aliphatic carboxylic acids is 2. The van der Waals surface area contributed by atoms with Gasteiger partial charge in [-0.25, -0.2) is 13.9 Å². The molecule has 6 N–H and O–H groups in total. The number of carbonyl (C=O) groups is 3. The van der Waals surface area contributed by atoms with E-state index in [0.29, 0.717) is 10.8 Å². The van der Waals surface area contributed by atoms with Gasteiger partial charge in [-0.2, -0.15) is 16.8 Å². The summed E-state index contributed by atoms with van der Waals surface area (Å²) in [6.45, 7) is 0. The number of aromatic hydroxyl groups is 1. The molecule has 0 radical (unpaired) electrons. The second kappa shape index (κ2) is 12.5. The summed E-state index contributed by atoms with van der Waals surface area (Å²) in [4.78, 5) is 32.2. The summed E-state index contributed by atoms with van der Waals surface area (Å²) in [6, 6.07) is 5.13. The van der Waals surface area contributed by atoms with Crippen LogP contribution in [0.1, 0.15) is 31.2 Å². The Labute approximate surface area is 189 Å². The van der Waals surface area contributed by atoms with E-state index in [1.807, 2.05) is 16.8 Å². The van der Waals surface area contributed by atoms with Gasteiger partial charge in [-0.3, -0.25) is 9.59 Å². The van der Waals surface area contributed by atoms with Crippen LogP contribution in [0.2, 0.25) is 0 Å². The van der Waals surface area contributed by atoms with Crippen molar-refractivity contribution in [3.63, 3.8) is 0 Å². The van der Waals surface area contributed by atoms with E-state index in [2.05, 4.69) is 10.6 Å². The van der Waals surface area contributed by atoms with Crippen LogP contribution in [0.3, 0.4) is 0 Å². The fourth-order valence-corrected chi connectivity index (χ4v) is 5.45. The van der Waals surface area contributed by atoms with Crippen LogP contribution in [0.4, 0.5) is 4.79 Å². The van der Waals surface area contributed by atoms with E-state index in [9.17, 15) is 23.5 Å². The van der Waals surface area contributed by atoms with Gasteiger partial charge in [-0.15, -0.1) is 0 Å². The summed E-state index contributed by atoms with van der Waals surface area (Å²) in [5.41, 5.74) is 0.620. The van der Waals surface area contributed by atoms with Crippen LogP contribution in [-0.2, 0) is 25.1 Å². The molecule has 2 fully saturated rings. The maximum atomic E-state index is 11.1. The molecule has 2 amide bonds. The number of nitrogens with one attached hydrogen (secondary N) is 3. The standard InChI is InChI=1S/C10H16N2O3S.C9H10NO5P/c13-8(14)4-2-1-3-7-9-6(5-16-7)11-10(15)12-9;11-7-3-1-6(2-4-7)5-8(9(12)13)10-16(14)15/h6-7,9H,1-5H2,(H,13,14)(H2,11,12,15);1-4,8,11H,5H2,(H,12,13)(H,10,14,15)/t6-,7-,9-;/m0./s1. The van der Waals surface area contributed by atoms with Gasteiger partial charge in [-0.1, -0.05) is 18.6 Å². The highest BCUT2D eigenvalue weighted by atomic mass is 32.2. The summed E-state index contributed by atoms with van der Waals surface area (Å²) in [7, 11) is -2.95. The van der Waals surface area contributed by atoms with E-state index >= 15 is 0 Å². The van der Waals surface area contributed by atoms with Gasteiger partial charge in [0.1, 0.15) is 11.8 Å². The number of fused-ring (bicyclic) bond motifs is 1. The van der Waals surface area contributed by atoms with Gasteiger partial charge < -0.3 is 26.0 Å². The van der Waals surface area contributed by atoms with Crippen molar-refractivity contribution >= 4 is 37.6 Å². The molecule has 1 aromatic rings. The number of amides is 2. The number of rotatable bonds is 10. The summed E-state index contributed by atoms with van der Waals surface area (Å²) < 4.78 is 20.8. The molecule has 0 aromatic heterocycles. The van der Waals surface area contributed by atoms with Gasteiger partial charge in [0.05, 0.1) is 12.1 Å². The molecular formula is C19H26N3O8PS. The Morgan fingerprint density at radius 3 is 2.44 bits per heavy atom. The first kappa shape index (κ1) is 25.7. The average Bonchev–Trinajstić information content (AvgIpc) is 3.26. The fourth-order valence-electron chi connectivity index (χ4n) is 3.45. The Morgan fingerprint density at radius 1 is 1.16 bits per heavy atom. The lowest BCUT2D eigenvalue weighted by Crippen LogP contribution is -2.36. The lowest BCUT2D eigenvalue weighted by atomic mass is 10.0. The maximum absolute atomic E-state index is 11.1. The highest BCUT2D eigenvalue weighted by Crippen LogP contribution is 2.33. The van der Waals surface area contributed by atoms with Gasteiger partial charge >= 0.3 is 25.8 Å². The number of hydrogen-bond acceptors (Lipinski definition) is 7. The number of carboxylic acid groups (broad SMARTS) is 2. The zero-order valence-corrected chi connectivity index (χ0v) is 18.8. The van der Waals surface area contributed by atoms with Crippen molar-refractivity contribution in [1.29, 1.82) is 0 Å². The van der Waals surface area contributed by atoms with E-state index in [1.54, 1.807) is 0 Å². The Balaban J connectivity index is 0.000000227. The molecule has 0 spiro atoms. The van der Waals surface area contributed by atoms with Gasteiger partial charge in [0.15, 0.2) is 0 Å². The smallest absolute Gasteiger partial charge is 0.396 e. The van der Waals surface area contributed by atoms with Crippen LogP contribution < -0.4 is 15.7 Å². The number of benzene rings is 1. The zero-order chi connectivity index (χ0) is 23.7. The molecular weight excluding hydrogens is 461 g/mol. The quantitative estimate of drug-likeness (QED) is 0.162. The first-order chi connectivity index (χ1) is 15.2. The number of urea groups is 1. The second-order valence-corrected chi connectivity index (χ2v) is 9.45. The van der Waals surface area contributed by atoms with E-state index < -0.39 is 25.8 Å². The minimum atomic E-state index is -2.95. The largest absolute Gasteiger partial charge is 0.508 e. The zero-order valence-electron chi connectivity index (χ0n) is 17.1. The van der Waals surface area contributed by atoms with Crippen molar-refractivity contribution in [3.05, 3.63) is 29.8 Å². The highest BCUT2D eigenvalue weighted by Gasteiger charge is 2.42. The molecule has 13 heteroatoms. The molecule has 176 valence electrons. The predicted molar refractivity (Wildman–Crippen MR) is 116 cm³/mol. The van der Waals surface area contributed by atoms with Crippen LogP contribution in [0.15, 0.2) is 24.3 Å². The third-order valence-corrected chi connectivity index (χ3v) is 7.03. The van der Waals surface area contributed by atoms with E-state index in [1.165, 1.54) is 24.3 Å². The van der Waals surface area contributed by atoms with Crippen molar-refractivity contribution < 1.29 is 38.8 Å². The number of carbonyl (C=O) groups excluding carboxylic acids is 1. The molecule has 11 nitrogen and oxygen atoms in total. The average molecular weight is 487 g/mol. The molecule has 2 aliphatic heterocycles. The Kier molecular flexibility index (Phi) is 10.0. The second-order valence-electron chi connectivity index (χ2n) is 7.41. The van der Waals surface area contributed by atoms with Gasteiger partial charge in [0.25, 0.3) is 0 Å². The number of phenolic OH excluding ortho intramolecular Hbond substituents is 1. The van der Waals surface area contributed by atoms with Crippen LogP contribution in [0.5, 0.6) is 5.75 Å². The molecule has 3 rings (SSSR count). The van der Waals surface area contributed by atoms with Gasteiger partial charge in [-0.05, 0) is 37.0 Å². The van der Waals surface area contributed by atoms with Crippen molar-refractivity contribution in [2.24, 2.45) is 0 Å². The minimum absolute atomic E-state index is 0.0267. The third kappa shape index (κ3) is 8.52. The van der Waals surface area contributed by atoms with Crippen molar-refractivity contribution in [3.8, 4) is 5.75 Å². The van der Waals surface area contributed by atoms with Gasteiger partial charge in [0, 0.05) is 17.4 Å². The van der Waals surface area contributed by atoms with Crippen LogP contribution in [-0.4, -0.2) is 62.4 Å². The molecule has 2 saturated heterocycles. The first-order valence-electron chi connectivity index (χ1n) is 9.97. The van der Waals surface area contributed by atoms with Crippen molar-refractivity contribution in [2.75, 3.05) is 5.75 Å². The molecule has 1 aromatic carbocycles. The minimum Gasteiger partial charge on any atom is -0.508 e. The molecule has 1 unspecified atom stereocenters. The SMILES string of the molecule is O=C(O)C(Cc1ccc(O)cc1)NP(=O)=O.O=C(O)CCCC[C@@H]1SC[C@@H]2NC(=O)N[C@@H]21. The highest BCUT2D eigenvalue weighted by molar-refractivity contribution is 8.00. The predicted octanol–water partition coefficient (Wildman–Crippen LogP) is 1.86. The fraction of sp³-hybridized carbons (Fsp3) is 0.526. The molecule has 2 aliphatic rings. The lowest BCUT2D eigenvalue weighted by molar-refractivity contribution is -0.139.